The summed E-state index contributed by atoms with van der Waals surface area (Å²) in [5, 5.41) is 2.99. The van der Waals surface area contributed by atoms with Crippen LogP contribution in [-0.4, -0.2) is 42.4 Å². The van der Waals surface area contributed by atoms with Gasteiger partial charge in [-0.1, -0.05) is 0 Å². The van der Waals surface area contributed by atoms with Crippen molar-refractivity contribution in [3.63, 3.8) is 0 Å². The molecule has 0 spiro atoms. The van der Waals surface area contributed by atoms with Gasteiger partial charge in [0, 0.05) is 19.6 Å². The zero-order valence-electron chi connectivity index (χ0n) is 11.4. The summed E-state index contributed by atoms with van der Waals surface area (Å²) in [5.41, 5.74) is 5.60. The average Bonchev–Trinajstić information content (AvgIpc) is 3.19. The first kappa shape index (κ1) is 16.2. The van der Waals surface area contributed by atoms with Crippen molar-refractivity contribution < 1.29 is 9.59 Å². The number of nitrogens with zero attached hydrogens (tertiary/aromatic N) is 1. The van der Waals surface area contributed by atoms with Crippen molar-refractivity contribution in [3.8, 4) is 0 Å². The van der Waals surface area contributed by atoms with Crippen LogP contribution in [0.15, 0.2) is 0 Å². The summed E-state index contributed by atoms with van der Waals surface area (Å²) in [5.74, 6) is 0.693. The van der Waals surface area contributed by atoms with Gasteiger partial charge in [-0.15, -0.1) is 12.4 Å². The Bertz CT molecular complexity index is 332. The zero-order valence-corrected chi connectivity index (χ0v) is 12.2. The standard InChI is InChI=1S/C13H23N3O2.ClH/c1-9(14)13(18)16-6-2-3-11(8-16)12(17)15-7-10-4-5-10;/h9-11H,2-8,14H2,1H3,(H,15,17);1H. The Kier molecular flexibility index (Phi) is 6.07. The van der Waals surface area contributed by atoms with Crippen LogP contribution in [0, 0.1) is 11.8 Å². The summed E-state index contributed by atoms with van der Waals surface area (Å²) in [4.78, 5) is 25.5. The lowest BCUT2D eigenvalue weighted by molar-refractivity contribution is -0.136. The number of halogens is 1. The van der Waals surface area contributed by atoms with Gasteiger partial charge in [0.2, 0.25) is 11.8 Å². The Balaban J connectivity index is 0.00000180. The van der Waals surface area contributed by atoms with Crippen molar-refractivity contribution in [3.05, 3.63) is 0 Å². The first-order valence-corrected chi connectivity index (χ1v) is 6.90. The summed E-state index contributed by atoms with van der Waals surface area (Å²) in [6, 6.07) is -0.474. The van der Waals surface area contributed by atoms with Gasteiger partial charge in [-0.2, -0.15) is 0 Å². The minimum Gasteiger partial charge on any atom is -0.356 e. The second kappa shape index (κ2) is 7.10. The van der Waals surface area contributed by atoms with E-state index in [-0.39, 0.29) is 30.1 Å². The maximum Gasteiger partial charge on any atom is 0.239 e. The number of carbonyl (C=O) groups excluding carboxylic acids is 2. The fraction of sp³-hybridized carbons (Fsp3) is 0.846. The highest BCUT2D eigenvalue weighted by molar-refractivity contribution is 5.85. The van der Waals surface area contributed by atoms with Crippen LogP contribution in [0.2, 0.25) is 0 Å². The van der Waals surface area contributed by atoms with Crippen molar-refractivity contribution in [2.75, 3.05) is 19.6 Å². The molecule has 0 radical (unpaired) electrons. The molecule has 2 fully saturated rings. The Morgan fingerprint density at radius 3 is 2.63 bits per heavy atom. The van der Waals surface area contributed by atoms with Gasteiger partial charge in [0.1, 0.15) is 0 Å². The van der Waals surface area contributed by atoms with Crippen LogP contribution in [0.25, 0.3) is 0 Å². The molecule has 2 atom stereocenters. The molecule has 0 aromatic carbocycles. The third kappa shape index (κ3) is 4.66. The zero-order chi connectivity index (χ0) is 13.1. The fourth-order valence-electron chi connectivity index (χ4n) is 2.39. The van der Waals surface area contributed by atoms with E-state index in [9.17, 15) is 9.59 Å². The number of nitrogens with two attached hydrogens (primary N) is 1. The quantitative estimate of drug-likeness (QED) is 0.792. The van der Waals surface area contributed by atoms with Crippen molar-refractivity contribution in [1.29, 1.82) is 0 Å². The molecular formula is C13H24ClN3O2. The predicted octanol–water partition coefficient (Wildman–Crippen LogP) is 0.520. The van der Waals surface area contributed by atoms with Gasteiger partial charge in [-0.25, -0.2) is 0 Å². The maximum atomic E-state index is 12.0. The number of hydrogen-bond acceptors (Lipinski definition) is 3. The normalized spacial score (nSPS) is 24.3. The molecule has 1 saturated heterocycles. The molecule has 1 saturated carbocycles. The molecule has 1 aliphatic carbocycles. The van der Waals surface area contributed by atoms with Gasteiger partial charge in [-0.3, -0.25) is 9.59 Å². The first-order valence-electron chi connectivity index (χ1n) is 6.90. The second-order valence-electron chi connectivity index (χ2n) is 5.60. The maximum absolute atomic E-state index is 12.0. The van der Waals surface area contributed by atoms with Gasteiger partial charge < -0.3 is 16.0 Å². The molecule has 1 aliphatic heterocycles. The van der Waals surface area contributed by atoms with Crippen LogP contribution in [0.5, 0.6) is 0 Å². The van der Waals surface area contributed by atoms with Crippen LogP contribution in [0.3, 0.4) is 0 Å². The van der Waals surface area contributed by atoms with Crippen molar-refractivity contribution in [1.82, 2.24) is 10.2 Å². The molecule has 0 aromatic heterocycles. The lowest BCUT2D eigenvalue weighted by Gasteiger charge is -2.33. The van der Waals surface area contributed by atoms with Crippen LogP contribution in [0.4, 0.5) is 0 Å². The summed E-state index contributed by atoms with van der Waals surface area (Å²) < 4.78 is 0. The van der Waals surface area contributed by atoms with Crippen molar-refractivity contribution in [2.24, 2.45) is 17.6 Å². The molecule has 5 nitrogen and oxygen atoms in total. The molecule has 3 N–H and O–H groups in total. The van der Waals surface area contributed by atoms with E-state index in [1.807, 2.05) is 0 Å². The average molecular weight is 290 g/mol. The molecule has 2 amide bonds. The van der Waals surface area contributed by atoms with Gasteiger partial charge >= 0.3 is 0 Å². The lowest BCUT2D eigenvalue weighted by Crippen LogP contribution is -2.49. The minimum atomic E-state index is -0.474. The first-order chi connectivity index (χ1) is 8.58. The Morgan fingerprint density at radius 1 is 1.37 bits per heavy atom. The van der Waals surface area contributed by atoms with E-state index < -0.39 is 6.04 Å². The van der Waals surface area contributed by atoms with E-state index in [1.54, 1.807) is 11.8 Å². The van der Waals surface area contributed by atoms with E-state index in [0.717, 1.165) is 25.9 Å². The molecule has 0 aromatic rings. The van der Waals surface area contributed by atoms with Crippen LogP contribution < -0.4 is 11.1 Å². The van der Waals surface area contributed by atoms with E-state index >= 15 is 0 Å². The molecule has 0 bridgehead atoms. The molecule has 19 heavy (non-hydrogen) atoms. The number of amides is 2. The number of nitrogens with one attached hydrogen (secondary N) is 1. The highest BCUT2D eigenvalue weighted by atomic mass is 35.5. The van der Waals surface area contributed by atoms with E-state index in [1.165, 1.54) is 12.8 Å². The minimum absolute atomic E-state index is 0. The number of rotatable bonds is 4. The smallest absolute Gasteiger partial charge is 0.239 e. The number of likely N-dealkylation sites (tertiary alicyclic amines) is 1. The molecule has 2 rings (SSSR count). The Morgan fingerprint density at radius 2 is 2.05 bits per heavy atom. The lowest BCUT2D eigenvalue weighted by atomic mass is 9.96. The van der Waals surface area contributed by atoms with Gasteiger partial charge in [0.15, 0.2) is 0 Å². The number of carbonyl (C=O) groups is 2. The van der Waals surface area contributed by atoms with Crippen molar-refractivity contribution in [2.45, 2.75) is 38.6 Å². The van der Waals surface area contributed by atoms with E-state index in [4.69, 9.17) is 5.73 Å². The highest BCUT2D eigenvalue weighted by Crippen LogP contribution is 2.27. The third-order valence-corrected chi connectivity index (χ3v) is 3.76. The largest absolute Gasteiger partial charge is 0.356 e. The van der Waals surface area contributed by atoms with Gasteiger partial charge in [-0.05, 0) is 38.5 Å². The van der Waals surface area contributed by atoms with E-state index in [2.05, 4.69) is 5.32 Å². The highest BCUT2D eigenvalue weighted by Gasteiger charge is 2.30. The van der Waals surface area contributed by atoms with Crippen LogP contribution in [-0.2, 0) is 9.59 Å². The van der Waals surface area contributed by atoms with Gasteiger partial charge in [0.05, 0.1) is 12.0 Å². The van der Waals surface area contributed by atoms with Crippen molar-refractivity contribution >= 4 is 24.2 Å². The topological polar surface area (TPSA) is 75.4 Å². The summed E-state index contributed by atoms with van der Waals surface area (Å²) >= 11 is 0. The monoisotopic (exact) mass is 289 g/mol. The Hall–Kier alpha value is -0.810. The molecular weight excluding hydrogens is 266 g/mol. The molecule has 1 heterocycles. The van der Waals surface area contributed by atoms with Crippen LogP contribution in [0.1, 0.15) is 32.6 Å². The molecule has 2 aliphatic rings. The molecule has 110 valence electrons. The van der Waals surface area contributed by atoms with E-state index in [0.29, 0.717) is 12.5 Å². The fourth-order valence-corrected chi connectivity index (χ4v) is 2.39. The Labute approximate surface area is 120 Å². The van der Waals surface area contributed by atoms with Gasteiger partial charge in [0.25, 0.3) is 0 Å². The molecule has 2 unspecified atom stereocenters. The molecule has 6 heteroatoms. The van der Waals surface area contributed by atoms with Crippen LogP contribution >= 0.6 is 12.4 Å². The summed E-state index contributed by atoms with van der Waals surface area (Å²) in [6.07, 6.45) is 4.24. The predicted molar refractivity (Wildman–Crippen MR) is 75.9 cm³/mol. The number of piperidine rings is 1. The third-order valence-electron chi connectivity index (χ3n) is 3.76. The second-order valence-corrected chi connectivity index (χ2v) is 5.60. The number of hydrogen-bond donors (Lipinski definition) is 2. The SMILES string of the molecule is CC(N)C(=O)N1CCCC(C(=O)NCC2CC2)C1.Cl. The summed E-state index contributed by atoms with van der Waals surface area (Å²) in [6.45, 7) is 3.75. The summed E-state index contributed by atoms with van der Waals surface area (Å²) in [7, 11) is 0.